The highest BCUT2D eigenvalue weighted by Gasteiger charge is 2.45. The van der Waals surface area contributed by atoms with Gasteiger partial charge in [-0.1, -0.05) is 0 Å². The number of anilines is 1. The van der Waals surface area contributed by atoms with Gasteiger partial charge in [0.25, 0.3) is 5.82 Å². The second-order valence-corrected chi connectivity index (χ2v) is 10.4. The maximum absolute atomic E-state index is 14.1. The Labute approximate surface area is 214 Å². The lowest BCUT2D eigenvalue weighted by Crippen LogP contribution is -2.50. The molecule has 0 bridgehead atoms. The number of nitriles is 1. The molecule has 2 aromatic rings. The van der Waals surface area contributed by atoms with Crippen LogP contribution in [0.5, 0.6) is 0 Å². The number of pyridine rings is 1. The number of alkyl halides is 3. The van der Waals surface area contributed by atoms with E-state index in [0.717, 1.165) is 4.52 Å². The van der Waals surface area contributed by atoms with Crippen LogP contribution in [0.3, 0.4) is 0 Å². The Kier molecular flexibility index (Phi) is 7.20. The van der Waals surface area contributed by atoms with Crippen LogP contribution in [-0.4, -0.2) is 69.4 Å². The summed E-state index contributed by atoms with van der Waals surface area (Å²) < 4.78 is 53.3. The van der Waals surface area contributed by atoms with Crippen molar-refractivity contribution in [3.05, 3.63) is 21.4 Å². The molecular weight excluding hydrogens is 549 g/mol. The van der Waals surface area contributed by atoms with Crippen LogP contribution in [-0.2, 0) is 15.7 Å². The summed E-state index contributed by atoms with van der Waals surface area (Å²) in [5, 5.41) is 13.7. The normalized spacial score (nSPS) is 18.3. The maximum atomic E-state index is 14.1. The first kappa shape index (κ1) is 27.5. The van der Waals surface area contributed by atoms with Gasteiger partial charge < -0.3 is 19.3 Å². The van der Waals surface area contributed by atoms with Gasteiger partial charge in [0.2, 0.25) is 0 Å². The molecule has 1 atom stereocenters. The van der Waals surface area contributed by atoms with E-state index in [2.05, 4.69) is 26.0 Å². The summed E-state index contributed by atoms with van der Waals surface area (Å²) >= 11 is 3.04. The molecular formula is C22H26BrF3N6O4. The third kappa shape index (κ3) is 5.07. The van der Waals surface area contributed by atoms with Crippen molar-refractivity contribution in [1.82, 2.24) is 19.5 Å². The number of hydrogen-bond acceptors (Lipinski definition) is 8. The van der Waals surface area contributed by atoms with Crippen LogP contribution in [0.2, 0.25) is 0 Å². The van der Waals surface area contributed by atoms with Crippen LogP contribution in [0.15, 0.2) is 4.47 Å². The fraction of sp³-hybridized carbons (Fsp3) is 0.591. The van der Waals surface area contributed by atoms with E-state index in [1.165, 1.54) is 4.90 Å². The van der Waals surface area contributed by atoms with Crippen molar-refractivity contribution in [3.8, 4) is 6.07 Å². The van der Waals surface area contributed by atoms with Gasteiger partial charge in [0.15, 0.2) is 5.65 Å². The smallest absolute Gasteiger partial charge is 0.419 e. The molecule has 1 amide bonds. The SMILES string of the molecule is CCOC(=O)c1nc2c(C#N)c(C(F)(F)F)c(Br)c(N3CC[C@](C)(N(C)C(=O)OC(C)(C)C)C3)n2n1. The molecule has 0 aromatic carbocycles. The number of amides is 1. The molecule has 0 spiro atoms. The number of ether oxygens (including phenoxy) is 2. The van der Waals surface area contributed by atoms with Gasteiger partial charge in [-0.2, -0.15) is 27.9 Å². The summed E-state index contributed by atoms with van der Waals surface area (Å²) in [7, 11) is 1.57. The Hall–Kier alpha value is -3.08. The van der Waals surface area contributed by atoms with Gasteiger partial charge in [-0.15, -0.1) is 5.10 Å². The number of rotatable bonds is 4. The van der Waals surface area contributed by atoms with Gasteiger partial charge in [-0.3, -0.25) is 0 Å². The van der Waals surface area contributed by atoms with E-state index in [0.29, 0.717) is 6.42 Å². The van der Waals surface area contributed by atoms with Crippen LogP contribution < -0.4 is 4.90 Å². The zero-order chi connectivity index (χ0) is 27.2. The average Bonchev–Trinajstić information content (AvgIpc) is 3.35. The first-order chi connectivity index (χ1) is 16.5. The van der Waals surface area contributed by atoms with Crippen LogP contribution in [0.4, 0.5) is 23.8 Å². The highest BCUT2D eigenvalue weighted by Crippen LogP contribution is 2.45. The summed E-state index contributed by atoms with van der Waals surface area (Å²) in [6, 6.07) is 1.55. The topological polar surface area (TPSA) is 113 Å². The minimum Gasteiger partial charge on any atom is -0.460 e. The Bertz CT molecular complexity index is 1250. The zero-order valence-electron chi connectivity index (χ0n) is 20.7. The van der Waals surface area contributed by atoms with Crippen molar-refractivity contribution in [2.45, 2.75) is 58.4 Å². The number of halogens is 4. The van der Waals surface area contributed by atoms with E-state index in [1.54, 1.807) is 52.6 Å². The number of hydrogen-bond donors (Lipinski definition) is 0. The summed E-state index contributed by atoms with van der Waals surface area (Å²) in [6.07, 6.45) is -5.08. The summed E-state index contributed by atoms with van der Waals surface area (Å²) in [4.78, 5) is 31.9. The molecule has 0 N–H and O–H groups in total. The van der Waals surface area contributed by atoms with E-state index in [4.69, 9.17) is 9.47 Å². The first-order valence-corrected chi connectivity index (χ1v) is 11.8. The Morgan fingerprint density at radius 1 is 1.31 bits per heavy atom. The molecule has 3 heterocycles. The maximum Gasteiger partial charge on any atom is 0.419 e. The molecule has 0 radical (unpaired) electrons. The van der Waals surface area contributed by atoms with Crippen molar-refractivity contribution in [1.29, 1.82) is 5.26 Å². The largest absolute Gasteiger partial charge is 0.460 e. The Morgan fingerprint density at radius 2 is 1.94 bits per heavy atom. The van der Waals surface area contributed by atoms with Crippen molar-refractivity contribution in [3.63, 3.8) is 0 Å². The van der Waals surface area contributed by atoms with Gasteiger partial charge in [0, 0.05) is 20.1 Å². The standard InChI is InChI=1S/C22H26BrF3N6O4/c1-7-35-18(33)15-28-16-12(10-27)13(22(24,25)26)14(23)17(32(16)29-15)31-9-8-21(5,11-31)30(6)19(34)36-20(2,3)4/h7-9,11H2,1-6H3/t21-/m0/s1. The zero-order valence-corrected chi connectivity index (χ0v) is 22.2. The summed E-state index contributed by atoms with van der Waals surface area (Å²) in [5.74, 6) is -1.47. The molecule has 10 nitrogen and oxygen atoms in total. The number of esters is 1. The molecule has 0 saturated carbocycles. The Morgan fingerprint density at radius 3 is 2.47 bits per heavy atom. The number of nitrogens with zero attached hydrogens (tertiary/aromatic N) is 6. The molecule has 196 valence electrons. The third-order valence-corrected chi connectivity index (χ3v) is 6.53. The number of carbonyl (C=O) groups excluding carboxylic acids is 2. The van der Waals surface area contributed by atoms with Gasteiger partial charge in [-0.25, -0.2) is 9.59 Å². The van der Waals surface area contributed by atoms with Crippen molar-refractivity contribution in [2.24, 2.45) is 0 Å². The molecule has 3 rings (SSSR count). The minimum atomic E-state index is -4.91. The van der Waals surface area contributed by atoms with Crippen LogP contribution in [0, 0.1) is 11.3 Å². The lowest BCUT2D eigenvalue weighted by molar-refractivity contribution is -0.138. The average molecular weight is 575 g/mol. The second-order valence-electron chi connectivity index (χ2n) is 9.60. The van der Waals surface area contributed by atoms with Crippen LogP contribution in [0.1, 0.15) is 62.8 Å². The molecule has 36 heavy (non-hydrogen) atoms. The Balaban J connectivity index is 2.16. The van der Waals surface area contributed by atoms with Crippen LogP contribution in [0.25, 0.3) is 5.65 Å². The number of likely N-dealkylation sites (N-methyl/N-ethyl adjacent to an activating group) is 1. The van der Waals surface area contributed by atoms with Crippen molar-refractivity contribution < 1.29 is 32.2 Å². The molecule has 0 aliphatic carbocycles. The first-order valence-electron chi connectivity index (χ1n) is 11.0. The minimum absolute atomic E-state index is 0.00528. The van der Waals surface area contributed by atoms with E-state index in [1.807, 2.05) is 0 Å². The highest BCUT2D eigenvalue weighted by atomic mass is 79.9. The van der Waals surface area contributed by atoms with E-state index in [-0.39, 0.29) is 25.5 Å². The summed E-state index contributed by atoms with van der Waals surface area (Å²) in [5.41, 5.74) is -3.97. The number of fused-ring (bicyclic) bond motifs is 1. The third-order valence-electron chi connectivity index (χ3n) is 5.78. The lowest BCUT2D eigenvalue weighted by atomic mass is 10.0. The van der Waals surface area contributed by atoms with Gasteiger partial charge in [-0.05, 0) is 57.0 Å². The molecule has 1 saturated heterocycles. The number of carbonyl (C=O) groups is 2. The fourth-order valence-corrected chi connectivity index (χ4v) is 4.77. The predicted octanol–water partition coefficient (Wildman–Crippen LogP) is 4.39. The second kappa shape index (κ2) is 9.42. The van der Waals surface area contributed by atoms with E-state index >= 15 is 0 Å². The molecule has 2 aromatic heterocycles. The van der Waals surface area contributed by atoms with Crippen LogP contribution >= 0.6 is 15.9 Å². The van der Waals surface area contributed by atoms with E-state index in [9.17, 15) is 28.0 Å². The monoisotopic (exact) mass is 574 g/mol. The molecule has 1 aliphatic rings. The summed E-state index contributed by atoms with van der Waals surface area (Å²) in [6.45, 7) is 8.92. The molecule has 14 heteroatoms. The quantitative estimate of drug-likeness (QED) is 0.494. The number of aromatic nitrogens is 3. The molecule has 1 aliphatic heterocycles. The predicted molar refractivity (Wildman–Crippen MR) is 126 cm³/mol. The van der Waals surface area contributed by atoms with Gasteiger partial charge in [0.1, 0.15) is 23.1 Å². The van der Waals surface area contributed by atoms with Gasteiger partial charge >= 0.3 is 18.2 Å². The molecule has 0 unspecified atom stereocenters. The molecule has 1 fully saturated rings. The van der Waals surface area contributed by atoms with Crippen molar-refractivity contribution in [2.75, 3.05) is 31.6 Å². The lowest BCUT2D eigenvalue weighted by Gasteiger charge is -2.36. The van der Waals surface area contributed by atoms with Crippen molar-refractivity contribution >= 4 is 39.5 Å². The highest BCUT2D eigenvalue weighted by molar-refractivity contribution is 9.10. The van der Waals surface area contributed by atoms with E-state index < -0.39 is 56.5 Å². The fourth-order valence-electron chi connectivity index (χ4n) is 3.93. The van der Waals surface area contributed by atoms with Gasteiger partial charge in [0.05, 0.1) is 22.2 Å².